The molecule has 1 unspecified atom stereocenters. The minimum absolute atomic E-state index is 0.197. The van der Waals surface area contributed by atoms with Gasteiger partial charge in [-0.3, -0.25) is 4.79 Å². The van der Waals surface area contributed by atoms with Crippen molar-refractivity contribution in [2.24, 2.45) is 0 Å². The van der Waals surface area contributed by atoms with Gasteiger partial charge in [0.25, 0.3) is 0 Å². The molecule has 4 heteroatoms. The van der Waals surface area contributed by atoms with E-state index in [4.69, 9.17) is 4.74 Å². The van der Waals surface area contributed by atoms with Crippen LogP contribution < -0.4 is 5.32 Å². The van der Waals surface area contributed by atoms with Crippen LogP contribution >= 0.6 is 11.8 Å². The Labute approximate surface area is 120 Å². The molecule has 0 radical (unpaired) electrons. The van der Waals surface area contributed by atoms with E-state index >= 15 is 0 Å². The van der Waals surface area contributed by atoms with Gasteiger partial charge >= 0.3 is 5.97 Å². The van der Waals surface area contributed by atoms with Gasteiger partial charge in [-0.25, -0.2) is 0 Å². The summed E-state index contributed by atoms with van der Waals surface area (Å²) in [6.07, 6.45) is 0. The summed E-state index contributed by atoms with van der Waals surface area (Å²) >= 11 is 1.77. The van der Waals surface area contributed by atoms with Crippen LogP contribution in [0, 0.1) is 0 Å². The molecule has 0 saturated heterocycles. The summed E-state index contributed by atoms with van der Waals surface area (Å²) in [4.78, 5) is 13.0. The fourth-order valence-corrected chi connectivity index (χ4v) is 2.24. The van der Waals surface area contributed by atoms with E-state index in [1.807, 2.05) is 45.9 Å². The number of rotatable bonds is 6. The maximum atomic E-state index is 11.7. The van der Waals surface area contributed by atoms with Crippen molar-refractivity contribution in [3.8, 4) is 0 Å². The van der Waals surface area contributed by atoms with E-state index in [1.165, 1.54) is 4.90 Å². The largest absolute Gasteiger partial charge is 0.459 e. The molecule has 0 amide bonds. The molecule has 1 aromatic carbocycles. The summed E-state index contributed by atoms with van der Waals surface area (Å²) in [5, 5.41) is 3.18. The lowest BCUT2D eigenvalue weighted by Crippen LogP contribution is -2.40. The van der Waals surface area contributed by atoms with Gasteiger partial charge in [0.1, 0.15) is 11.6 Å². The Hall–Kier alpha value is -1.00. The summed E-state index contributed by atoms with van der Waals surface area (Å²) in [7, 11) is 0. The van der Waals surface area contributed by atoms with Gasteiger partial charge in [-0.2, -0.15) is 0 Å². The average molecular weight is 281 g/mol. The summed E-state index contributed by atoms with van der Waals surface area (Å²) in [5.74, 6) is 0.731. The first-order chi connectivity index (χ1) is 8.88. The van der Waals surface area contributed by atoms with E-state index in [0.717, 1.165) is 12.3 Å². The Morgan fingerprint density at radius 3 is 2.53 bits per heavy atom. The molecule has 0 fully saturated rings. The van der Waals surface area contributed by atoms with Crippen molar-refractivity contribution in [2.75, 3.05) is 12.3 Å². The van der Waals surface area contributed by atoms with Gasteiger partial charge in [-0.1, -0.05) is 18.2 Å². The van der Waals surface area contributed by atoms with Crippen molar-refractivity contribution in [1.29, 1.82) is 0 Å². The molecule has 0 saturated carbocycles. The van der Waals surface area contributed by atoms with E-state index in [0.29, 0.717) is 0 Å². The van der Waals surface area contributed by atoms with Gasteiger partial charge in [-0.15, -0.1) is 11.8 Å². The predicted octanol–water partition coefficient (Wildman–Crippen LogP) is 3.10. The van der Waals surface area contributed by atoms with Gasteiger partial charge in [0.05, 0.1) is 0 Å². The third-order valence-corrected chi connectivity index (χ3v) is 3.34. The summed E-state index contributed by atoms with van der Waals surface area (Å²) in [6, 6.07) is 9.96. The number of hydrogen-bond acceptors (Lipinski definition) is 4. The van der Waals surface area contributed by atoms with Crippen molar-refractivity contribution in [2.45, 2.75) is 44.2 Å². The highest BCUT2D eigenvalue weighted by Gasteiger charge is 2.20. The fourth-order valence-electron chi connectivity index (χ4n) is 1.43. The molecule has 1 N–H and O–H groups in total. The van der Waals surface area contributed by atoms with Gasteiger partial charge in [0.15, 0.2) is 0 Å². The molecule has 3 nitrogen and oxygen atoms in total. The van der Waals surface area contributed by atoms with Crippen LogP contribution in [0.5, 0.6) is 0 Å². The first-order valence-corrected chi connectivity index (χ1v) is 7.51. The second-order valence-electron chi connectivity index (χ2n) is 5.37. The summed E-state index contributed by atoms with van der Waals surface area (Å²) < 4.78 is 5.31. The number of nitrogens with one attached hydrogen (secondary N) is 1. The molecule has 0 aromatic heterocycles. The predicted molar refractivity (Wildman–Crippen MR) is 80.5 cm³/mol. The van der Waals surface area contributed by atoms with Crippen molar-refractivity contribution in [3.63, 3.8) is 0 Å². The van der Waals surface area contributed by atoms with Gasteiger partial charge < -0.3 is 10.1 Å². The second kappa shape index (κ2) is 7.56. The third-order valence-electron chi connectivity index (χ3n) is 2.32. The Morgan fingerprint density at radius 2 is 1.95 bits per heavy atom. The highest BCUT2D eigenvalue weighted by molar-refractivity contribution is 7.99. The average Bonchev–Trinajstić information content (AvgIpc) is 2.33. The van der Waals surface area contributed by atoms with Crippen molar-refractivity contribution < 1.29 is 9.53 Å². The Kier molecular flexibility index (Phi) is 6.38. The van der Waals surface area contributed by atoms with Crippen LogP contribution in [0.3, 0.4) is 0 Å². The Bertz CT molecular complexity index is 387. The minimum atomic E-state index is -0.425. The van der Waals surface area contributed by atoms with Crippen LogP contribution in [-0.2, 0) is 9.53 Å². The van der Waals surface area contributed by atoms with Crippen LogP contribution in [0.1, 0.15) is 27.7 Å². The second-order valence-corrected chi connectivity index (χ2v) is 6.54. The molecule has 106 valence electrons. The highest BCUT2D eigenvalue weighted by atomic mass is 32.2. The van der Waals surface area contributed by atoms with E-state index in [1.54, 1.807) is 11.8 Å². The number of esters is 1. The van der Waals surface area contributed by atoms with Crippen LogP contribution in [-0.4, -0.2) is 29.9 Å². The van der Waals surface area contributed by atoms with Gasteiger partial charge in [0.2, 0.25) is 0 Å². The molecule has 0 bridgehead atoms. The molecule has 1 rings (SSSR count). The first-order valence-electron chi connectivity index (χ1n) is 6.52. The zero-order valence-electron chi connectivity index (χ0n) is 12.1. The van der Waals surface area contributed by atoms with Crippen molar-refractivity contribution in [3.05, 3.63) is 30.3 Å². The molecule has 0 spiro atoms. The standard InChI is InChI=1S/C15H23NO2S/c1-12(14(17)18-15(2,3)4)16-10-11-19-13-8-6-5-7-9-13/h5-9,12,16H,10-11H2,1-4H3. The topological polar surface area (TPSA) is 38.3 Å². The smallest absolute Gasteiger partial charge is 0.323 e. The monoisotopic (exact) mass is 281 g/mol. The summed E-state index contributed by atoms with van der Waals surface area (Å²) in [6.45, 7) is 8.25. The number of carbonyl (C=O) groups excluding carboxylic acids is 1. The third kappa shape index (κ3) is 7.23. The lowest BCUT2D eigenvalue weighted by Gasteiger charge is -2.22. The lowest BCUT2D eigenvalue weighted by atomic mass is 10.2. The van der Waals surface area contributed by atoms with Crippen LogP contribution in [0.4, 0.5) is 0 Å². The normalized spacial score (nSPS) is 13.1. The van der Waals surface area contributed by atoms with Gasteiger partial charge in [-0.05, 0) is 39.8 Å². The molecular formula is C15H23NO2S. The molecule has 0 heterocycles. The molecule has 1 aromatic rings. The number of ether oxygens (including phenoxy) is 1. The maximum Gasteiger partial charge on any atom is 0.323 e. The number of benzene rings is 1. The van der Waals surface area contributed by atoms with Crippen LogP contribution in [0.2, 0.25) is 0 Å². The SMILES string of the molecule is CC(NCCSc1ccccc1)C(=O)OC(C)(C)C. The zero-order chi connectivity index (χ0) is 14.3. The first kappa shape index (κ1) is 16.1. The fraction of sp³-hybridized carbons (Fsp3) is 0.533. The van der Waals surface area contributed by atoms with E-state index in [2.05, 4.69) is 17.4 Å². The molecule has 0 aliphatic heterocycles. The van der Waals surface area contributed by atoms with Crippen molar-refractivity contribution in [1.82, 2.24) is 5.32 Å². The van der Waals surface area contributed by atoms with Crippen LogP contribution in [0.15, 0.2) is 35.2 Å². The van der Waals surface area contributed by atoms with E-state index in [9.17, 15) is 4.79 Å². The molecule has 19 heavy (non-hydrogen) atoms. The Balaban J connectivity index is 2.20. The number of carbonyl (C=O) groups is 1. The van der Waals surface area contributed by atoms with Gasteiger partial charge in [0, 0.05) is 17.2 Å². The number of hydrogen-bond donors (Lipinski definition) is 1. The Morgan fingerprint density at radius 1 is 1.32 bits per heavy atom. The molecule has 0 aliphatic carbocycles. The van der Waals surface area contributed by atoms with Crippen LogP contribution in [0.25, 0.3) is 0 Å². The highest BCUT2D eigenvalue weighted by Crippen LogP contribution is 2.15. The summed E-state index contributed by atoms with van der Waals surface area (Å²) in [5.41, 5.74) is -0.425. The number of thioether (sulfide) groups is 1. The molecular weight excluding hydrogens is 258 g/mol. The van der Waals surface area contributed by atoms with E-state index < -0.39 is 5.60 Å². The molecule has 0 aliphatic rings. The molecule has 1 atom stereocenters. The lowest BCUT2D eigenvalue weighted by molar-refractivity contribution is -0.156. The quantitative estimate of drug-likeness (QED) is 0.494. The minimum Gasteiger partial charge on any atom is -0.459 e. The maximum absolute atomic E-state index is 11.7. The van der Waals surface area contributed by atoms with Crippen molar-refractivity contribution >= 4 is 17.7 Å². The van der Waals surface area contributed by atoms with E-state index in [-0.39, 0.29) is 12.0 Å². The zero-order valence-corrected chi connectivity index (χ0v) is 12.9.